The second kappa shape index (κ2) is 12.3. The average molecular weight is 441 g/mol. The highest BCUT2D eigenvalue weighted by Crippen LogP contribution is 2.24. The van der Waals surface area contributed by atoms with E-state index in [0.29, 0.717) is 19.0 Å². The Morgan fingerprint density at radius 3 is 2.50 bits per heavy atom. The maximum absolute atomic E-state index is 10.4. The van der Waals surface area contributed by atoms with Gasteiger partial charge in [0.15, 0.2) is 5.96 Å². The molecule has 0 spiro atoms. The van der Waals surface area contributed by atoms with Gasteiger partial charge in [-0.1, -0.05) is 30.3 Å². The smallest absolute Gasteiger partial charge is 0.191 e. The zero-order valence-electron chi connectivity index (χ0n) is 19.4. The van der Waals surface area contributed by atoms with E-state index in [1.807, 2.05) is 36.4 Å². The van der Waals surface area contributed by atoms with Crippen LogP contribution in [-0.4, -0.2) is 68.5 Å². The zero-order chi connectivity index (χ0) is 22.8. The van der Waals surface area contributed by atoms with Crippen molar-refractivity contribution in [3.8, 4) is 11.5 Å². The van der Waals surface area contributed by atoms with Gasteiger partial charge in [-0.3, -0.25) is 9.89 Å². The summed E-state index contributed by atoms with van der Waals surface area (Å²) in [6.07, 6.45) is 1.14. The van der Waals surface area contributed by atoms with Crippen molar-refractivity contribution in [2.24, 2.45) is 4.99 Å². The van der Waals surface area contributed by atoms with Gasteiger partial charge in [0.1, 0.15) is 11.5 Å². The summed E-state index contributed by atoms with van der Waals surface area (Å²) in [5.74, 6) is 2.38. The van der Waals surface area contributed by atoms with Crippen LogP contribution in [-0.2, 0) is 13.0 Å². The molecule has 2 aromatic rings. The number of nitrogens with zero attached hydrogens (tertiary/aromatic N) is 2. The van der Waals surface area contributed by atoms with Crippen molar-refractivity contribution < 1.29 is 14.6 Å². The van der Waals surface area contributed by atoms with Crippen molar-refractivity contribution >= 4 is 5.96 Å². The van der Waals surface area contributed by atoms with Crippen molar-refractivity contribution in [1.82, 2.24) is 15.5 Å². The summed E-state index contributed by atoms with van der Waals surface area (Å²) in [6, 6.07) is 16.3. The van der Waals surface area contributed by atoms with E-state index < -0.39 is 6.10 Å². The SMILES string of the molecule is CCNC(=NCC(O)Cc1ccccc1)NC1CCN(Cc2cc(OC)cc(OC)c2)C1. The van der Waals surface area contributed by atoms with E-state index in [4.69, 9.17) is 9.47 Å². The van der Waals surface area contributed by atoms with Gasteiger partial charge < -0.3 is 25.2 Å². The molecule has 0 bridgehead atoms. The number of nitrogens with one attached hydrogen (secondary N) is 2. The molecular weight excluding hydrogens is 404 g/mol. The van der Waals surface area contributed by atoms with Gasteiger partial charge in [-0.2, -0.15) is 0 Å². The molecule has 174 valence electrons. The van der Waals surface area contributed by atoms with Gasteiger partial charge >= 0.3 is 0 Å². The van der Waals surface area contributed by atoms with Gasteiger partial charge in [0.05, 0.1) is 26.9 Å². The first kappa shape index (κ1) is 23.9. The number of aliphatic hydroxyl groups is 1. The highest BCUT2D eigenvalue weighted by atomic mass is 16.5. The maximum atomic E-state index is 10.4. The van der Waals surface area contributed by atoms with Crippen LogP contribution < -0.4 is 20.1 Å². The third kappa shape index (κ3) is 7.43. The third-order valence-corrected chi connectivity index (χ3v) is 5.55. The quantitative estimate of drug-likeness (QED) is 0.389. The van der Waals surface area contributed by atoms with E-state index in [1.165, 1.54) is 5.56 Å². The zero-order valence-corrected chi connectivity index (χ0v) is 19.4. The van der Waals surface area contributed by atoms with Crippen LogP contribution in [0.3, 0.4) is 0 Å². The Hall–Kier alpha value is -2.77. The number of benzene rings is 2. The molecule has 32 heavy (non-hydrogen) atoms. The number of hydrogen-bond donors (Lipinski definition) is 3. The van der Waals surface area contributed by atoms with Gasteiger partial charge in [-0.05, 0) is 36.6 Å². The number of rotatable bonds is 10. The fraction of sp³-hybridized carbons (Fsp3) is 0.480. The Balaban J connectivity index is 1.52. The van der Waals surface area contributed by atoms with Crippen molar-refractivity contribution in [2.45, 2.75) is 38.5 Å². The summed E-state index contributed by atoms with van der Waals surface area (Å²) in [4.78, 5) is 7.04. The molecule has 3 rings (SSSR count). The van der Waals surface area contributed by atoms with E-state index in [9.17, 15) is 5.11 Å². The summed E-state index contributed by atoms with van der Waals surface area (Å²) >= 11 is 0. The Bertz CT molecular complexity index is 837. The maximum Gasteiger partial charge on any atom is 0.191 e. The van der Waals surface area contributed by atoms with Gasteiger partial charge in [0.2, 0.25) is 0 Å². The minimum absolute atomic E-state index is 0.312. The summed E-state index contributed by atoms with van der Waals surface area (Å²) in [6.45, 7) is 5.97. The van der Waals surface area contributed by atoms with E-state index in [0.717, 1.165) is 55.6 Å². The second-order valence-corrected chi connectivity index (χ2v) is 8.15. The van der Waals surface area contributed by atoms with Crippen molar-refractivity contribution in [2.75, 3.05) is 40.4 Å². The lowest BCUT2D eigenvalue weighted by Gasteiger charge is -2.20. The molecule has 1 fully saturated rings. The first-order valence-electron chi connectivity index (χ1n) is 11.3. The molecule has 1 aliphatic heterocycles. The van der Waals surface area contributed by atoms with E-state index in [2.05, 4.69) is 39.6 Å². The molecule has 2 atom stereocenters. The van der Waals surface area contributed by atoms with Crippen LogP contribution in [0.25, 0.3) is 0 Å². The number of aliphatic hydroxyl groups excluding tert-OH is 1. The monoisotopic (exact) mass is 440 g/mol. The number of aliphatic imine (C=N–C) groups is 1. The summed E-state index contributed by atoms with van der Waals surface area (Å²) < 4.78 is 10.8. The molecule has 1 saturated heterocycles. The van der Waals surface area contributed by atoms with Crippen LogP contribution in [0.2, 0.25) is 0 Å². The van der Waals surface area contributed by atoms with Gasteiger partial charge in [-0.15, -0.1) is 0 Å². The largest absolute Gasteiger partial charge is 0.497 e. The fourth-order valence-corrected chi connectivity index (χ4v) is 3.97. The summed E-state index contributed by atoms with van der Waals surface area (Å²) in [7, 11) is 3.35. The third-order valence-electron chi connectivity index (χ3n) is 5.55. The predicted octanol–water partition coefficient (Wildman–Crippen LogP) is 2.44. The molecule has 0 aromatic heterocycles. The molecule has 0 aliphatic carbocycles. The van der Waals surface area contributed by atoms with Gasteiger partial charge in [0.25, 0.3) is 0 Å². The molecule has 0 radical (unpaired) electrons. The first-order chi connectivity index (χ1) is 15.6. The van der Waals surface area contributed by atoms with E-state index in [1.54, 1.807) is 14.2 Å². The molecular formula is C25H36N4O3. The molecule has 2 aromatic carbocycles. The number of methoxy groups -OCH3 is 2. The molecule has 3 N–H and O–H groups in total. The topological polar surface area (TPSA) is 78.4 Å². The highest BCUT2D eigenvalue weighted by Gasteiger charge is 2.23. The van der Waals surface area contributed by atoms with E-state index >= 15 is 0 Å². The normalized spacial score (nSPS) is 17.8. The van der Waals surface area contributed by atoms with Crippen molar-refractivity contribution in [1.29, 1.82) is 0 Å². The molecule has 7 heteroatoms. The lowest BCUT2D eigenvalue weighted by molar-refractivity contribution is 0.183. The number of ether oxygens (including phenoxy) is 2. The minimum Gasteiger partial charge on any atom is -0.497 e. The average Bonchev–Trinajstić information content (AvgIpc) is 3.24. The highest BCUT2D eigenvalue weighted by molar-refractivity contribution is 5.80. The molecule has 7 nitrogen and oxygen atoms in total. The Morgan fingerprint density at radius 2 is 1.84 bits per heavy atom. The van der Waals surface area contributed by atoms with Gasteiger partial charge in [0, 0.05) is 44.7 Å². The number of guanidine groups is 1. The summed E-state index contributed by atoms with van der Waals surface area (Å²) in [5, 5.41) is 17.2. The fourth-order valence-electron chi connectivity index (χ4n) is 3.97. The molecule has 1 heterocycles. The Kier molecular flexibility index (Phi) is 9.19. The van der Waals surface area contributed by atoms with E-state index in [-0.39, 0.29) is 0 Å². The van der Waals surface area contributed by atoms with Crippen LogP contribution in [0, 0.1) is 0 Å². The van der Waals surface area contributed by atoms with Crippen LogP contribution in [0.1, 0.15) is 24.5 Å². The van der Waals surface area contributed by atoms with Crippen LogP contribution in [0.4, 0.5) is 0 Å². The van der Waals surface area contributed by atoms with Crippen molar-refractivity contribution in [3.05, 3.63) is 59.7 Å². The summed E-state index contributed by atoms with van der Waals surface area (Å²) in [5.41, 5.74) is 2.29. The Labute approximate surface area is 191 Å². The van der Waals surface area contributed by atoms with Crippen molar-refractivity contribution in [3.63, 3.8) is 0 Å². The molecule has 0 saturated carbocycles. The number of hydrogen-bond acceptors (Lipinski definition) is 5. The lowest BCUT2D eigenvalue weighted by atomic mass is 10.1. The van der Waals surface area contributed by atoms with Crippen LogP contribution >= 0.6 is 0 Å². The predicted molar refractivity (Wildman–Crippen MR) is 128 cm³/mol. The second-order valence-electron chi connectivity index (χ2n) is 8.15. The molecule has 1 aliphatic rings. The first-order valence-corrected chi connectivity index (χ1v) is 11.3. The molecule has 0 amide bonds. The standard InChI is InChI=1S/C25H36N4O3/c1-4-26-25(27-16-22(30)12-19-8-6-5-7-9-19)28-21-10-11-29(18-21)17-20-13-23(31-2)15-24(14-20)32-3/h5-9,13-15,21-22,30H,4,10-12,16-18H2,1-3H3,(H2,26,27,28). The lowest BCUT2D eigenvalue weighted by Crippen LogP contribution is -2.45. The minimum atomic E-state index is -0.504. The number of likely N-dealkylation sites (tertiary alicyclic amines) is 1. The van der Waals surface area contributed by atoms with Crippen LogP contribution in [0.5, 0.6) is 11.5 Å². The van der Waals surface area contributed by atoms with Crippen LogP contribution in [0.15, 0.2) is 53.5 Å². The van der Waals surface area contributed by atoms with Gasteiger partial charge in [-0.25, -0.2) is 0 Å². The Morgan fingerprint density at radius 1 is 1.12 bits per heavy atom. The molecule has 2 unspecified atom stereocenters.